The van der Waals surface area contributed by atoms with Crippen LogP contribution >= 0.6 is 0 Å². The Labute approximate surface area is 112 Å². The molecule has 3 heteroatoms. The fourth-order valence-electron chi connectivity index (χ4n) is 2.33. The van der Waals surface area contributed by atoms with Crippen molar-refractivity contribution in [2.24, 2.45) is 7.05 Å². The summed E-state index contributed by atoms with van der Waals surface area (Å²) in [7, 11) is 2.00. The Hall–Kier alpha value is -2.13. The lowest BCUT2D eigenvalue weighted by atomic mass is 10.0. The second kappa shape index (κ2) is 4.52. The molecule has 0 aliphatic heterocycles. The van der Waals surface area contributed by atoms with E-state index in [1.165, 1.54) is 0 Å². The Kier molecular flexibility index (Phi) is 2.84. The highest BCUT2D eigenvalue weighted by molar-refractivity contribution is 5.92. The van der Waals surface area contributed by atoms with E-state index in [2.05, 4.69) is 17.1 Å². The number of benzene rings is 2. The lowest BCUT2D eigenvalue weighted by Crippen LogP contribution is -1.90. The molecule has 0 spiro atoms. The van der Waals surface area contributed by atoms with E-state index in [-0.39, 0.29) is 0 Å². The van der Waals surface area contributed by atoms with Crippen LogP contribution in [0.15, 0.2) is 48.8 Å². The fraction of sp³-hybridized carbons (Fsp3) is 0.188. The standard InChI is InChI=1S/C16H16N2O/c1-11(19)12-6-8-13(9-7-12)14-4-3-5-15-16(14)17-10-18(15)2/h3-11,19H,1-2H3. The van der Waals surface area contributed by atoms with E-state index < -0.39 is 6.10 Å². The van der Waals surface area contributed by atoms with Crippen molar-refractivity contribution in [2.75, 3.05) is 0 Å². The number of para-hydroxylation sites is 1. The molecule has 0 fully saturated rings. The zero-order valence-corrected chi connectivity index (χ0v) is 11.0. The van der Waals surface area contributed by atoms with Gasteiger partial charge in [-0.25, -0.2) is 4.98 Å². The fourth-order valence-corrected chi connectivity index (χ4v) is 2.33. The predicted molar refractivity (Wildman–Crippen MR) is 76.8 cm³/mol. The van der Waals surface area contributed by atoms with Crippen LogP contribution in [0, 0.1) is 0 Å². The minimum Gasteiger partial charge on any atom is -0.389 e. The van der Waals surface area contributed by atoms with Crippen molar-refractivity contribution in [3.8, 4) is 11.1 Å². The molecule has 0 aliphatic rings. The predicted octanol–water partition coefficient (Wildman–Crippen LogP) is 3.29. The summed E-state index contributed by atoms with van der Waals surface area (Å²) < 4.78 is 2.02. The van der Waals surface area contributed by atoms with E-state index in [4.69, 9.17) is 0 Å². The van der Waals surface area contributed by atoms with Crippen LogP contribution in [0.1, 0.15) is 18.6 Å². The molecule has 1 aromatic heterocycles. The van der Waals surface area contributed by atoms with Gasteiger partial charge in [0.05, 0.1) is 23.5 Å². The first kappa shape index (κ1) is 11.9. The first-order valence-corrected chi connectivity index (χ1v) is 6.35. The number of fused-ring (bicyclic) bond motifs is 1. The lowest BCUT2D eigenvalue weighted by molar-refractivity contribution is 0.199. The van der Waals surface area contributed by atoms with Crippen LogP contribution in [0.4, 0.5) is 0 Å². The van der Waals surface area contributed by atoms with E-state index in [0.717, 1.165) is 27.7 Å². The number of imidazole rings is 1. The second-order valence-electron chi connectivity index (χ2n) is 4.83. The third-order valence-electron chi connectivity index (χ3n) is 3.46. The zero-order chi connectivity index (χ0) is 13.4. The molecule has 1 atom stereocenters. The highest BCUT2D eigenvalue weighted by Crippen LogP contribution is 2.28. The second-order valence-corrected chi connectivity index (χ2v) is 4.83. The monoisotopic (exact) mass is 252 g/mol. The number of aryl methyl sites for hydroxylation is 1. The number of aliphatic hydroxyl groups excluding tert-OH is 1. The molecular formula is C16H16N2O. The summed E-state index contributed by atoms with van der Waals surface area (Å²) in [4.78, 5) is 4.47. The number of hydrogen-bond donors (Lipinski definition) is 1. The normalized spacial score (nSPS) is 12.8. The third kappa shape index (κ3) is 2.02. The number of nitrogens with zero attached hydrogens (tertiary/aromatic N) is 2. The number of rotatable bonds is 2. The Balaban J connectivity index is 2.13. The Bertz CT molecular complexity index is 711. The molecular weight excluding hydrogens is 236 g/mol. The summed E-state index contributed by atoms with van der Waals surface area (Å²) in [6.45, 7) is 1.77. The summed E-state index contributed by atoms with van der Waals surface area (Å²) in [5, 5.41) is 9.54. The van der Waals surface area contributed by atoms with Gasteiger partial charge in [-0.15, -0.1) is 0 Å². The quantitative estimate of drug-likeness (QED) is 0.760. The largest absolute Gasteiger partial charge is 0.389 e. The highest BCUT2D eigenvalue weighted by Gasteiger charge is 2.08. The van der Waals surface area contributed by atoms with Gasteiger partial charge < -0.3 is 9.67 Å². The van der Waals surface area contributed by atoms with Gasteiger partial charge in [0.2, 0.25) is 0 Å². The summed E-state index contributed by atoms with van der Waals surface area (Å²) in [5.74, 6) is 0. The minimum absolute atomic E-state index is 0.431. The van der Waals surface area contributed by atoms with E-state index in [1.807, 2.05) is 48.3 Å². The molecule has 1 heterocycles. The van der Waals surface area contributed by atoms with Gasteiger partial charge in [0.1, 0.15) is 0 Å². The van der Waals surface area contributed by atoms with Crippen molar-refractivity contribution in [3.05, 3.63) is 54.4 Å². The maximum absolute atomic E-state index is 9.54. The lowest BCUT2D eigenvalue weighted by Gasteiger charge is -2.07. The van der Waals surface area contributed by atoms with Gasteiger partial charge >= 0.3 is 0 Å². The number of hydrogen-bond acceptors (Lipinski definition) is 2. The summed E-state index contributed by atoms with van der Waals surface area (Å²) >= 11 is 0. The Morgan fingerprint density at radius 1 is 1.11 bits per heavy atom. The zero-order valence-electron chi connectivity index (χ0n) is 11.0. The van der Waals surface area contributed by atoms with E-state index in [1.54, 1.807) is 6.92 Å². The van der Waals surface area contributed by atoms with Gasteiger partial charge in [-0.05, 0) is 24.1 Å². The molecule has 0 saturated carbocycles. The van der Waals surface area contributed by atoms with Gasteiger partial charge in [0, 0.05) is 12.6 Å². The van der Waals surface area contributed by atoms with Crippen molar-refractivity contribution >= 4 is 11.0 Å². The molecule has 3 nitrogen and oxygen atoms in total. The van der Waals surface area contributed by atoms with E-state index in [0.29, 0.717) is 0 Å². The van der Waals surface area contributed by atoms with Crippen LogP contribution in [0.2, 0.25) is 0 Å². The minimum atomic E-state index is -0.431. The van der Waals surface area contributed by atoms with Crippen LogP contribution in [0.5, 0.6) is 0 Å². The van der Waals surface area contributed by atoms with Crippen molar-refractivity contribution in [1.29, 1.82) is 0 Å². The van der Waals surface area contributed by atoms with Crippen molar-refractivity contribution in [3.63, 3.8) is 0 Å². The molecule has 0 aliphatic carbocycles. The van der Waals surface area contributed by atoms with Crippen LogP contribution in [0.3, 0.4) is 0 Å². The topological polar surface area (TPSA) is 38.1 Å². The van der Waals surface area contributed by atoms with Crippen LogP contribution in [-0.4, -0.2) is 14.7 Å². The van der Waals surface area contributed by atoms with Crippen LogP contribution < -0.4 is 0 Å². The summed E-state index contributed by atoms with van der Waals surface area (Å²) in [5.41, 5.74) is 5.30. The van der Waals surface area contributed by atoms with Crippen molar-refractivity contribution in [1.82, 2.24) is 9.55 Å². The maximum atomic E-state index is 9.54. The van der Waals surface area contributed by atoms with E-state index >= 15 is 0 Å². The molecule has 2 aromatic carbocycles. The van der Waals surface area contributed by atoms with Crippen molar-refractivity contribution < 1.29 is 5.11 Å². The Morgan fingerprint density at radius 2 is 1.84 bits per heavy atom. The van der Waals surface area contributed by atoms with Crippen molar-refractivity contribution in [2.45, 2.75) is 13.0 Å². The highest BCUT2D eigenvalue weighted by atomic mass is 16.3. The summed E-state index contributed by atoms with van der Waals surface area (Å²) in [6.07, 6.45) is 1.40. The molecule has 0 saturated heterocycles. The maximum Gasteiger partial charge on any atom is 0.0962 e. The van der Waals surface area contributed by atoms with Gasteiger partial charge in [0.15, 0.2) is 0 Å². The molecule has 0 bridgehead atoms. The van der Waals surface area contributed by atoms with Gasteiger partial charge in [0.25, 0.3) is 0 Å². The molecule has 1 N–H and O–H groups in total. The van der Waals surface area contributed by atoms with Crippen LogP contribution in [-0.2, 0) is 7.05 Å². The smallest absolute Gasteiger partial charge is 0.0962 e. The van der Waals surface area contributed by atoms with Crippen LogP contribution in [0.25, 0.3) is 22.2 Å². The molecule has 3 aromatic rings. The van der Waals surface area contributed by atoms with E-state index in [9.17, 15) is 5.11 Å². The first-order chi connectivity index (χ1) is 9.16. The molecule has 0 amide bonds. The first-order valence-electron chi connectivity index (χ1n) is 6.35. The SMILES string of the molecule is CC(O)c1ccc(-c2cccc3c2ncn3C)cc1. The Morgan fingerprint density at radius 3 is 2.53 bits per heavy atom. The number of aliphatic hydroxyl groups is 1. The third-order valence-corrected chi connectivity index (χ3v) is 3.46. The molecule has 19 heavy (non-hydrogen) atoms. The molecule has 3 rings (SSSR count). The molecule has 0 radical (unpaired) electrons. The average Bonchev–Trinajstić information content (AvgIpc) is 2.81. The average molecular weight is 252 g/mol. The molecule has 96 valence electrons. The van der Waals surface area contributed by atoms with Gasteiger partial charge in [-0.3, -0.25) is 0 Å². The molecule has 1 unspecified atom stereocenters. The summed E-state index contributed by atoms with van der Waals surface area (Å²) in [6, 6.07) is 14.2. The number of aromatic nitrogens is 2. The van der Waals surface area contributed by atoms with Gasteiger partial charge in [-0.1, -0.05) is 36.4 Å². The van der Waals surface area contributed by atoms with Gasteiger partial charge in [-0.2, -0.15) is 0 Å².